The molecule has 11 amide bonds. The summed E-state index contributed by atoms with van der Waals surface area (Å²) < 4.78 is 41.9. The highest BCUT2D eigenvalue weighted by Gasteiger charge is 2.52. The first-order valence-electron chi connectivity index (χ1n) is 35.4. The van der Waals surface area contributed by atoms with Crippen molar-refractivity contribution >= 4 is 76.6 Å². The first-order valence-corrected chi connectivity index (χ1v) is 35.8. The minimum Gasteiger partial charge on any atom is -0.350 e. The molecule has 3 unspecified atom stereocenters. The van der Waals surface area contributed by atoms with Crippen molar-refractivity contribution in [2.45, 2.75) is 268 Å². The monoisotopic (exact) mass is 1370 g/mol. The van der Waals surface area contributed by atoms with Crippen molar-refractivity contribution in [2.75, 3.05) is 54.9 Å². The van der Waals surface area contributed by atoms with E-state index in [9.17, 15) is 51.5 Å². The number of rotatable bonds is 12. The third-order valence-corrected chi connectivity index (χ3v) is 22.7. The molecule has 3 saturated carbocycles. The fraction of sp³-hybridized carbons (Fsp3) is 0.814. The quantitative estimate of drug-likeness (QED) is 0.123. The molecule has 14 atom stereocenters. The summed E-state index contributed by atoms with van der Waals surface area (Å²) in [6.45, 7) is 14.4. The number of fused-ring (bicyclic) bond motifs is 2. The van der Waals surface area contributed by atoms with Gasteiger partial charge >= 0.3 is 6.18 Å². The van der Waals surface area contributed by atoms with Gasteiger partial charge in [0, 0.05) is 72.6 Å². The van der Waals surface area contributed by atoms with E-state index in [1.165, 1.54) is 76.5 Å². The number of amides is 11. The summed E-state index contributed by atoms with van der Waals surface area (Å²) in [5.41, 5.74) is -1.51. The molecule has 6 rings (SSSR count). The van der Waals surface area contributed by atoms with E-state index in [-0.39, 0.29) is 114 Å². The molecule has 6 fully saturated rings. The Morgan fingerprint density at radius 2 is 1.26 bits per heavy atom. The van der Waals surface area contributed by atoms with Crippen LogP contribution in [0, 0.1) is 53.8 Å². The second kappa shape index (κ2) is 34.5. The number of hydrogen-bond donors (Lipinski definition) is 4. The van der Waals surface area contributed by atoms with E-state index < -0.39 is 161 Å². The van der Waals surface area contributed by atoms with Crippen LogP contribution in [0.15, 0.2) is 0 Å². The highest BCUT2D eigenvalue weighted by Crippen LogP contribution is 2.44. The van der Waals surface area contributed by atoms with Crippen molar-refractivity contribution in [1.82, 2.24) is 55.6 Å². The molecule has 540 valence electrons. The lowest BCUT2D eigenvalue weighted by Gasteiger charge is -2.45. The second-order valence-electron chi connectivity index (χ2n) is 29.6. The second-order valence-corrected chi connectivity index (χ2v) is 30.1. The lowest BCUT2D eigenvalue weighted by atomic mass is 9.78. The molecule has 1 spiro atoms. The van der Waals surface area contributed by atoms with Crippen LogP contribution in [-0.2, 0) is 52.7 Å². The molecule has 0 aromatic carbocycles. The Morgan fingerprint density at radius 3 is 1.83 bits per heavy atom. The molecule has 3 aliphatic carbocycles. The zero-order valence-electron chi connectivity index (χ0n) is 59.2. The molecule has 3 saturated heterocycles. The summed E-state index contributed by atoms with van der Waals surface area (Å²) >= 11 is 6.39. The van der Waals surface area contributed by atoms with Crippen molar-refractivity contribution in [3.8, 4) is 12.3 Å². The topological polar surface area (TPSA) is 259 Å². The molecule has 26 heteroatoms. The van der Waals surface area contributed by atoms with Gasteiger partial charge in [0.05, 0.1) is 12.5 Å². The van der Waals surface area contributed by atoms with Crippen molar-refractivity contribution < 1.29 is 65.9 Å². The van der Waals surface area contributed by atoms with Gasteiger partial charge in [-0.05, 0) is 119 Å². The maximum Gasteiger partial charge on any atom is 0.393 e. The van der Waals surface area contributed by atoms with E-state index in [0.29, 0.717) is 38.0 Å². The van der Waals surface area contributed by atoms with Gasteiger partial charge in [0.1, 0.15) is 53.9 Å². The summed E-state index contributed by atoms with van der Waals surface area (Å²) in [7, 11) is 7.32. The van der Waals surface area contributed by atoms with Crippen molar-refractivity contribution in [3.63, 3.8) is 0 Å². The largest absolute Gasteiger partial charge is 0.393 e. The number of alkyl halides is 4. The van der Waals surface area contributed by atoms with Crippen molar-refractivity contribution in [3.05, 3.63) is 0 Å². The number of halogens is 4. The molecule has 0 aromatic rings. The number of nitrogens with zero attached hydrogens (tertiary/aromatic N) is 7. The van der Waals surface area contributed by atoms with Gasteiger partial charge < -0.3 is 55.6 Å². The lowest BCUT2D eigenvalue weighted by molar-refractivity contribution is -0.182. The molecule has 96 heavy (non-hydrogen) atoms. The summed E-state index contributed by atoms with van der Waals surface area (Å²) in [5.74, 6) is -6.67. The highest BCUT2D eigenvalue weighted by molar-refractivity contribution is 6.20. The number of likely N-dealkylation sites (N-methyl/N-ethyl adjacent to an activating group) is 5. The normalized spacial score (nSPS) is 32.3. The Hall–Kier alpha value is -6.19. The van der Waals surface area contributed by atoms with Crippen molar-refractivity contribution in [1.29, 1.82) is 0 Å². The van der Waals surface area contributed by atoms with Gasteiger partial charge in [0.2, 0.25) is 65.0 Å². The predicted octanol–water partition coefficient (Wildman–Crippen LogP) is 6.40. The zero-order valence-corrected chi connectivity index (χ0v) is 60.0. The Bertz CT molecular complexity index is 2830. The van der Waals surface area contributed by atoms with Gasteiger partial charge in [-0.3, -0.25) is 52.7 Å². The molecule has 0 radical (unpaired) electrons. The smallest absolute Gasteiger partial charge is 0.350 e. The molecule has 3 aliphatic heterocycles. The Morgan fingerprint density at radius 1 is 0.635 bits per heavy atom. The van der Waals surface area contributed by atoms with E-state index in [2.05, 4.69) is 34.1 Å². The van der Waals surface area contributed by atoms with Gasteiger partial charge in [-0.1, -0.05) is 99.8 Å². The minimum atomic E-state index is -4.50. The lowest BCUT2D eigenvalue weighted by Crippen LogP contribution is -2.65. The van der Waals surface area contributed by atoms with E-state index in [4.69, 9.17) is 18.0 Å². The molecule has 22 nitrogen and oxygen atoms in total. The summed E-state index contributed by atoms with van der Waals surface area (Å²) in [6.07, 6.45) is 7.97. The summed E-state index contributed by atoms with van der Waals surface area (Å²) in [6, 6.07) is -10.1. The van der Waals surface area contributed by atoms with Crippen LogP contribution in [0.1, 0.15) is 197 Å². The van der Waals surface area contributed by atoms with Crippen molar-refractivity contribution in [2.24, 2.45) is 41.4 Å². The van der Waals surface area contributed by atoms with Crippen LogP contribution >= 0.6 is 11.6 Å². The Labute approximate surface area is 572 Å². The third kappa shape index (κ3) is 19.2. The fourth-order valence-electron chi connectivity index (χ4n) is 15.3. The molecule has 0 bridgehead atoms. The maximum absolute atomic E-state index is 15.3. The summed E-state index contributed by atoms with van der Waals surface area (Å²) in [4.78, 5) is 172. The number of nitrogens with one attached hydrogen (secondary N) is 4. The highest BCUT2D eigenvalue weighted by atomic mass is 35.5. The van der Waals surface area contributed by atoms with Crippen LogP contribution in [0.25, 0.3) is 0 Å². The van der Waals surface area contributed by atoms with Gasteiger partial charge in [-0.2, -0.15) is 13.2 Å². The fourth-order valence-corrected chi connectivity index (χ4v) is 15.9. The maximum atomic E-state index is 15.3. The average Bonchev–Trinajstić information content (AvgIpc) is 1.07. The van der Waals surface area contributed by atoms with Crippen LogP contribution in [0.5, 0.6) is 0 Å². The molecule has 6 aliphatic rings. The molecule has 3 heterocycles. The van der Waals surface area contributed by atoms with E-state index in [1.54, 1.807) is 13.8 Å². The standard InChI is InChI=1S/C70H111ClF3N11O11/c1-15-21-48-39-57(87)81(12)54(36-41(4)5)60(88)77-58(43(7)16-2)67(95)80(11)45(9)63(91)85-35-31-53(85)66(94)82(13)55(38-47-25-23-42(6)24-26-47)65(93)79(10)40-56(86)76-51(30-28-46-27-29-49(50(71)37-46)70(72,73)74)64(92)84-34-20-22-52(84)61(89)78-69(32-18-19-33-69)68(96)83(14)59(44(8)17-3)62(90)75-48/h1,41-55,58-59H,16-40H2,2-14H3,(H,75,90)(H,76,86)(H,77,88)(H,78,89)/t42?,43-,44-,45-,46?,47?,48+,49?,50?,51-,52-,53-,54-,55-,58-,59-/m0/s1. The predicted molar refractivity (Wildman–Crippen MR) is 357 cm³/mol. The minimum absolute atomic E-state index is 0.00808. The van der Waals surface area contributed by atoms with Gasteiger partial charge in [-0.15, -0.1) is 23.9 Å². The van der Waals surface area contributed by atoms with E-state index in [0.717, 1.165) is 25.7 Å². The van der Waals surface area contributed by atoms with Gasteiger partial charge in [0.25, 0.3) is 0 Å². The first-order chi connectivity index (χ1) is 45.1. The molecular weight excluding hydrogens is 1260 g/mol. The number of carbonyl (C=O) groups is 11. The van der Waals surface area contributed by atoms with Crippen LogP contribution in [-0.4, -0.2) is 226 Å². The first kappa shape index (κ1) is 78.8. The number of hydrogen-bond acceptors (Lipinski definition) is 11. The van der Waals surface area contributed by atoms with Crippen LogP contribution in [0.4, 0.5) is 13.2 Å². The Kier molecular flexibility index (Phi) is 28.3. The summed E-state index contributed by atoms with van der Waals surface area (Å²) in [5, 5.41) is 10.5. The van der Waals surface area contributed by atoms with Crippen LogP contribution in [0.3, 0.4) is 0 Å². The average molecular weight is 1380 g/mol. The van der Waals surface area contributed by atoms with Crippen LogP contribution < -0.4 is 21.3 Å². The Balaban J connectivity index is 1.39. The van der Waals surface area contributed by atoms with E-state index in [1.807, 2.05) is 27.7 Å². The number of terminal acetylenes is 1. The number of carbonyl (C=O) groups excluding carboxylic acids is 11. The van der Waals surface area contributed by atoms with Gasteiger partial charge in [-0.25, -0.2) is 0 Å². The molecule has 4 N–H and O–H groups in total. The molecular formula is C70H111ClF3N11O11. The third-order valence-electron chi connectivity index (χ3n) is 22.2. The van der Waals surface area contributed by atoms with E-state index >= 15 is 14.4 Å². The molecule has 0 aromatic heterocycles. The van der Waals surface area contributed by atoms with Crippen LogP contribution in [0.2, 0.25) is 0 Å². The van der Waals surface area contributed by atoms with Gasteiger partial charge in [0.15, 0.2) is 0 Å². The SMILES string of the molecule is C#CC[C@@H]1CC(=O)N(C)[C@@H](CC(C)C)C(=O)N[C@@H]([C@@H](C)CC)C(=O)N(C)[C@@H](C)C(=O)N2CC[C@H]2C(=O)N(C)[C@@H](CC2CCC(C)CC2)C(=O)N(C)CC(=O)N[C@@H](CCC2CCC(C(F)(F)F)C(Cl)C2)C(=O)N2CCC[C@H]2C(=O)NC2(CCCC2)C(=O)N(C)[C@@H]([C@@H](C)CC)C(=O)N1. The zero-order chi connectivity index (χ0) is 71.4.